The summed E-state index contributed by atoms with van der Waals surface area (Å²) in [6.45, 7) is 28.8. The highest BCUT2D eigenvalue weighted by Crippen LogP contribution is 2.57. The lowest BCUT2D eigenvalue weighted by molar-refractivity contribution is -0.660. The van der Waals surface area contributed by atoms with Crippen LogP contribution < -0.4 is 22.8 Å². The summed E-state index contributed by atoms with van der Waals surface area (Å²) in [6, 6.07) is 114. The van der Waals surface area contributed by atoms with Gasteiger partial charge in [0.15, 0.2) is 45.5 Å². The van der Waals surface area contributed by atoms with E-state index >= 15 is 0 Å². The number of rotatable bonds is 8. The van der Waals surface area contributed by atoms with Gasteiger partial charge in [-0.1, -0.05) is 233 Å². The quantitative estimate of drug-likeness (QED) is 0.141. The van der Waals surface area contributed by atoms with Crippen molar-refractivity contribution in [2.24, 2.45) is 35.2 Å². The summed E-state index contributed by atoms with van der Waals surface area (Å²) in [6.07, 6.45) is 13.4. The second-order valence-electron chi connectivity index (χ2n) is 41.1. The Morgan fingerprint density at radius 2 is 0.521 bits per heavy atom. The SMILES string of the molecule is Cc1cc2c(cc1-c1n(-c3ccccc3)c3ccccc3[n+]1C)-c1cccnc1C2(C)C.Cc1cc2c(cc1-c1n(-c3ccccc3)c3ccccc3[n+]1C)C(C)(C)c1ncccc1-2.Cc1cc2c(cc1-c1n(-c3ccccc3)c3ccccc3[n+]1C)C(C)(C)c1ncccc1-2.Cc1ccc2c(c1-c1cccc[n+]1C)C(C)(C)c1ncccc1-2.[2H]C([2H])([2H])C1(C)c2ncccc2-c2ccc(C)c(-c3cccc[n+]3C)c21. The maximum absolute atomic E-state index is 8.36. The lowest BCUT2D eigenvalue weighted by atomic mass is 9.80. The van der Waals surface area contributed by atoms with E-state index in [1.165, 1.54) is 207 Å². The summed E-state index contributed by atoms with van der Waals surface area (Å²) in [5, 5.41) is 0. The third-order valence-electron chi connectivity index (χ3n) is 30.8. The van der Waals surface area contributed by atoms with Gasteiger partial charge in [-0.05, 0) is 252 Å². The van der Waals surface area contributed by atoms with Crippen LogP contribution in [0.1, 0.15) is 157 Å². The Morgan fingerprint density at radius 1 is 0.239 bits per heavy atom. The fourth-order valence-electron chi connectivity index (χ4n) is 23.8. The van der Waals surface area contributed by atoms with Gasteiger partial charge >= 0.3 is 0 Å². The molecule has 13 nitrogen and oxygen atoms in total. The molecule has 696 valence electrons. The summed E-state index contributed by atoms with van der Waals surface area (Å²) >= 11 is 0. The number of aromatic nitrogens is 13. The van der Waals surface area contributed by atoms with E-state index in [4.69, 9.17) is 24.0 Å². The number of aryl methyl sites for hydroxylation is 10. The minimum absolute atomic E-state index is 0.0872. The number of benzene rings is 11. The third-order valence-corrected chi connectivity index (χ3v) is 30.8. The zero-order valence-corrected chi connectivity index (χ0v) is 84.5. The van der Waals surface area contributed by atoms with Crippen molar-refractivity contribution in [2.45, 2.75) is 131 Å². The smallest absolute Gasteiger partial charge is 0.260 e. The molecule has 142 heavy (non-hydrogen) atoms. The average Bonchev–Trinajstić information content (AvgIpc) is 1.57. The molecule has 5 aliphatic carbocycles. The van der Waals surface area contributed by atoms with Crippen molar-refractivity contribution in [1.29, 1.82) is 0 Å². The summed E-state index contributed by atoms with van der Waals surface area (Å²) in [5.41, 5.74) is 47.5. The summed E-state index contributed by atoms with van der Waals surface area (Å²) < 4.78 is 43.4. The first kappa shape index (κ1) is 87.4. The molecule has 0 saturated carbocycles. The number of fused-ring (bicyclic) bond motifs is 18. The van der Waals surface area contributed by atoms with Crippen molar-refractivity contribution in [1.82, 2.24) is 38.6 Å². The summed E-state index contributed by atoms with van der Waals surface area (Å²) in [5.74, 6) is 3.57. The highest BCUT2D eigenvalue weighted by molar-refractivity contribution is 5.93. The Labute approximate surface area is 837 Å². The number of para-hydroxylation sites is 9. The maximum Gasteiger partial charge on any atom is 0.295 e. The van der Waals surface area contributed by atoms with Crippen molar-refractivity contribution in [3.63, 3.8) is 0 Å². The van der Waals surface area contributed by atoms with E-state index in [-0.39, 0.29) is 21.7 Å². The summed E-state index contributed by atoms with van der Waals surface area (Å²) in [4.78, 5) is 23.5. The first-order valence-corrected chi connectivity index (χ1v) is 49.3. The molecule has 0 radical (unpaired) electrons. The van der Waals surface area contributed by atoms with Gasteiger partial charge in [0.1, 0.15) is 31.2 Å². The highest BCUT2D eigenvalue weighted by Gasteiger charge is 2.46. The molecule has 0 spiro atoms. The van der Waals surface area contributed by atoms with Gasteiger partial charge in [0, 0.05) is 114 Å². The molecule has 21 aromatic rings. The molecule has 5 aliphatic rings. The van der Waals surface area contributed by atoms with Crippen molar-refractivity contribution >= 4 is 33.1 Å². The van der Waals surface area contributed by atoms with Gasteiger partial charge in [-0.15, -0.1) is 0 Å². The molecular formula is C129H120N13+5. The van der Waals surface area contributed by atoms with Gasteiger partial charge in [0.25, 0.3) is 17.5 Å². The minimum atomic E-state index is -2.21. The molecule has 26 rings (SSSR count). The van der Waals surface area contributed by atoms with Gasteiger partial charge < -0.3 is 0 Å². The number of pyridine rings is 7. The van der Waals surface area contributed by atoms with Crippen LogP contribution in [0.5, 0.6) is 0 Å². The standard InChI is InChI=1S/3C29H26N3.2C21H21N2/c1-19-17-24-23(21-13-10-16-30-27(21)29(24,2)3)18-22(19)28-31(4)25-14-8-9-15-26(25)32(28)20-11-6-5-7-12-20;2*1-19-17-23-21-13-10-16-30-27(21)29(2,3)24(23)18-22(19)28-31(4)25-14-8-9-15-26(25)32(28)20-11-6-5-7-12-20;2*1-14-10-11-15-16-8-7-12-22-20(16)21(2,3)19(15)18(14)17-9-5-6-13-23(17)4/h3*5-18H,1-4H3;2*5-13H,1-4H3/q5*+1/i;;;2D3;. The van der Waals surface area contributed by atoms with Gasteiger partial charge in [-0.2, -0.15) is 13.7 Å². The van der Waals surface area contributed by atoms with Crippen molar-refractivity contribution < 1.29 is 26.9 Å². The number of imidazole rings is 3. The molecule has 10 aromatic heterocycles. The Kier molecular flexibility index (Phi) is 21.4. The van der Waals surface area contributed by atoms with Crippen LogP contribution in [-0.4, -0.2) is 38.6 Å². The molecule has 1 atom stereocenters. The minimum Gasteiger partial charge on any atom is -0.260 e. The molecular weight excluding hydrogens is 1730 g/mol. The van der Waals surface area contributed by atoms with Crippen LogP contribution in [-0.2, 0) is 62.3 Å². The first-order valence-electron chi connectivity index (χ1n) is 50.8. The van der Waals surface area contributed by atoms with E-state index in [0.29, 0.717) is 5.69 Å². The molecule has 13 heteroatoms. The van der Waals surface area contributed by atoms with E-state index in [0.717, 1.165) is 33.5 Å². The first-order chi connectivity index (χ1) is 69.7. The van der Waals surface area contributed by atoms with Crippen LogP contribution in [0.3, 0.4) is 0 Å². The molecule has 11 aromatic carbocycles. The highest BCUT2D eigenvalue weighted by atomic mass is 15.2. The molecule has 0 saturated heterocycles. The fourth-order valence-corrected chi connectivity index (χ4v) is 23.8. The molecule has 10 heterocycles. The molecule has 0 bridgehead atoms. The number of hydrogen-bond acceptors (Lipinski definition) is 5. The lowest BCUT2D eigenvalue weighted by Crippen LogP contribution is -2.31. The second-order valence-corrected chi connectivity index (χ2v) is 41.1. The fraction of sp³-hybridized carbons (Fsp3) is 0.194. The van der Waals surface area contributed by atoms with E-state index in [1.807, 2.05) is 117 Å². The van der Waals surface area contributed by atoms with Gasteiger partial charge in [0.2, 0.25) is 11.4 Å². The monoisotopic (exact) mass is 1850 g/mol. The van der Waals surface area contributed by atoms with Crippen LogP contribution in [0.25, 0.3) is 162 Å². The normalized spacial score (nSPS) is 15.1. The molecule has 0 amide bonds. The van der Waals surface area contributed by atoms with Crippen LogP contribution in [0.4, 0.5) is 0 Å². The average molecular weight is 1860 g/mol. The van der Waals surface area contributed by atoms with E-state index in [2.05, 4.69) is 415 Å². The summed E-state index contributed by atoms with van der Waals surface area (Å²) in [7, 11) is 10.6. The largest absolute Gasteiger partial charge is 0.295 e. The van der Waals surface area contributed by atoms with Gasteiger partial charge in [0.05, 0.1) is 77.4 Å². The van der Waals surface area contributed by atoms with Gasteiger partial charge in [-0.3, -0.25) is 24.9 Å². The number of nitrogens with zero attached hydrogens (tertiary/aromatic N) is 13. The number of hydrogen-bond donors (Lipinski definition) is 0. The molecule has 0 fully saturated rings. The second kappa shape index (κ2) is 34.7. The zero-order valence-electron chi connectivity index (χ0n) is 87.5. The van der Waals surface area contributed by atoms with Crippen molar-refractivity contribution in [3.05, 3.63) is 449 Å². The predicted octanol–water partition coefficient (Wildman–Crippen LogP) is 26.8. The third kappa shape index (κ3) is 14.4. The Bertz CT molecular complexity index is 8580. The Hall–Kier alpha value is -16.1. The van der Waals surface area contributed by atoms with Crippen molar-refractivity contribution in [2.75, 3.05) is 0 Å². The maximum atomic E-state index is 8.36. The lowest BCUT2D eigenvalue weighted by Gasteiger charge is -2.23. The molecule has 0 aliphatic heterocycles. The van der Waals surface area contributed by atoms with Crippen LogP contribution in [0.15, 0.2) is 365 Å². The molecule has 0 N–H and O–H groups in total. The van der Waals surface area contributed by atoms with Crippen molar-refractivity contribution in [3.8, 4) is 129 Å². The van der Waals surface area contributed by atoms with Crippen LogP contribution in [0, 0.1) is 34.6 Å². The van der Waals surface area contributed by atoms with Crippen LogP contribution >= 0.6 is 0 Å². The topological polar surface area (TPSA) is 98.6 Å². The Morgan fingerprint density at radius 3 is 0.866 bits per heavy atom. The predicted molar refractivity (Wildman–Crippen MR) is 576 cm³/mol. The van der Waals surface area contributed by atoms with Gasteiger partial charge in [-0.25, -0.2) is 22.8 Å². The van der Waals surface area contributed by atoms with Crippen LogP contribution in [0.2, 0.25) is 0 Å². The molecule has 1 unspecified atom stereocenters. The van der Waals surface area contributed by atoms with E-state index in [9.17, 15) is 0 Å². The Balaban J connectivity index is 0.000000104. The van der Waals surface area contributed by atoms with E-state index in [1.54, 1.807) is 6.20 Å². The zero-order chi connectivity index (χ0) is 101. The van der Waals surface area contributed by atoms with E-state index < -0.39 is 12.3 Å².